The highest BCUT2D eigenvalue weighted by molar-refractivity contribution is 9.10. The zero-order chi connectivity index (χ0) is 16.0. The van der Waals surface area contributed by atoms with Crippen molar-refractivity contribution in [1.29, 1.82) is 0 Å². The lowest BCUT2D eigenvalue weighted by Gasteiger charge is -2.25. The Morgan fingerprint density at radius 3 is 2.64 bits per heavy atom. The van der Waals surface area contributed by atoms with E-state index in [0.29, 0.717) is 10.5 Å². The van der Waals surface area contributed by atoms with Crippen LogP contribution >= 0.6 is 27.5 Å². The van der Waals surface area contributed by atoms with Crippen molar-refractivity contribution in [2.45, 2.75) is 43.0 Å². The summed E-state index contributed by atoms with van der Waals surface area (Å²) >= 11 is 9.50. The molecule has 1 fully saturated rings. The van der Waals surface area contributed by atoms with E-state index in [1.807, 2.05) is 6.92 Å². The molecule has 118 valence electrons. The second-order valence-corrected chi connectivity index (χ2v) is 8.87. The summed E-state index contributed by atoms with van der Waals surface area (Å²) in [5, 5.41) is 1.75. The van der Waals surface area contributed by atoms with Gasteiger partial charge in [-0.2, -0.15) is 0 Å². The van der Waals surface area contributed by atoms with E-state index in [-0.39, 0.29) is 10.4 Å². The molecule has 0 unspecified atom stereocenters. The smallest absolute Gasteiger partial charge is 0.241 e. The van der Waals surface area contributed by atoms with Crippen LogP contribution in [0.4, 0.5) is 0 Å². The number of pyridine rings is 1. The molecular formula is C15H16BrClN2O2S. The number of aromatic nitrogens is 1. The number of nitrogens with one attached hydrogen (secondary N) is 1. The van der Waals surface area contributed by atoms with Crippen LogP contribution in [-0.2, 0) is 10.0 Å². The summed E-state index contributed by atoms with van der Waals surface area (Å²) in [6, 6.07) is 4.93. The monoisotopic (exact) mass is 402 g/mol. The SMILES string of the molecule is CC1(NS(=O)(=O)c2ccc3c(Br)cnc(Cl)c3c2)CCCC1. The molecule has 1 saturated carbocycles. The zero-order valence-electron chi connectivity index (χ0n) is 12.1. The van der Waals surface area contributed by atoms with E-state index in [9.17, 15) is 8.42 Å². The van der Waals surface area contributed by atoms with Crippen LogP contribution in [0.3, 0.4) is 0 Å². The Bertz CT molecular complexity index is 833. The van der Waals surface area contributed by atoms with Crippen LogP contribution in [0.5, 0.6) is 0 Å². The van der Waals surface area contributed by atoms with E-state index in [0.717, 1.165) is 35.5 Å². The van der Waals surface area contributed by atoms with Gasteiger partial charge < -0.3 is 0 Å². The number of hydrogen-bond donors (Lipinski definition) is 1. The second kappa shape index (κ2) is 5.74. The van der Waals surface area contributed by atoms with Crippen LogP contribution in [0.25, 0.3) is 10.8 Å². The van der Waals surface area contributed by atoms with E-state index in [1.54, 1.807) is 24.4 Å². The van der Waals surface area contributed by atoms with Crippen molar-refractivity contribution in [3.05, 3.63) is 34.0 Å². The van der Waals surface area contributed by atoms with E-state index >= 15 is 0 Å². The maximum absolute atomic E-state index is 12.6. The molecule has 1 heterocycles. The highest BCUT2D eigenvalue weighted by Gasteiger charge is 2.33. The minimum absolute atomic E-state index is 0.218. The van der Waals surface area contributed by atoms with Crippen molar-refractivity contribution >= 4 is 48.3 Å². The normalized spacial score (nSPS) is 18.0. The van der Waals surface area contributed by atoms with Crippen molar-refractivity contribution in [1.82, 2.24) is 9.71 Å². The molecule has 0 atom stereocenters. The summed E-state index contributed by atoms with van der Waals surface area (Å²) < 4.78 is 28.9. The largest absolute Gasteiger partial charge is 0.243 e. The topological polar surface area (TPSA) is 59.1 Å². The molecule has 7 heteroatoms. The van der Waals surface area contributed by atoms with Crippen LogP contribution in [0.1, 0.15) is 32.6 Å². The number of sulfonamides is 1. The first kappa shape index (κ1) is 16.2. The molecule has 1 aromatic heterocycles. The Hall–Kier alpha value is -0.690. The highest BCUT2D eigenvalue weighted by Crippen LogP contribution is 2.33. The Morgan fingerprint density at radius 1 is 1.27 bits per heavy atom. The van der Waals surface area contributed by atoms with Gasteiger partial charge in [-0.25, -0.2) is 18.1 Å². The molecule has 22 heavy (non-hydrogen) atoms. The van der Waals surface area contributed by atoms with Crippen LogP contribution in [0.15, 0.2) is 33.8 Å². The third kappa shape index (κ3) is 3.02. The van der Waals surface area contributed by atoms with Gasteiger partial charge in [-0.15, -0.1) is 0 Å². The molecule has 0 radical (unpaired) electrons. The first-order valence-corrected chi connectivity index (χ1v) is 9.74. The Labute approximate surface area is 143 Å². The third-order valence-electron chi connectivity index (χ3n) is 4.16. The van der Waals surface area contributed by atoms with Gasteiger partial charge in [0.05, 0.1) is 4.90 Å². The van der Waals surface area contributed by atoms with Gasteiger partial charge in [0.15, 0.2) is 0 Å². The van der Waals surface area contributed by atoms with E-state index in [4.69, 9.17) is 11.6 Å². The first-order chi connectivity index (χ1) is 10.3. The van der Waals surface area contributed by atoms with Gasteiger partial charge in [0, 0.05) is 27.0 Å². The summed E-state index contributed by atoms with van der Waals surface area (Å²) in [7, 11) is -3.57. The van der Waals surface area contributed by atoms with Crippen LogP contribution < -0.4 is 4.72 Å². The van der Waals surface area contributed by atoms with Gasteiger partial charge in [0.1, 0.15) is 5.15 Å². The van der Waals surface area contributed by atoms with E-state index < -0.39 is 10.0 Å². The molecule has 1 aliphatic carbocycles. The Balaban J connectivity index is 2.04. The number of nitrogens with zero attached hydrogens (tertiary/aromatic N) is 1. The predicted molar refractivity (Wildman–Crippen MR) is 91.6 cm³/mol. The van der Waals surface area contributed by atoms with Gasteiger partial charge in [-0.05, 0) is 47.8 Å². The third-order valence-corrected chi connectivity index (χ3v) is 6.73. The Kier molecular flexibility index (Phi) is 4.22. The van der Waals surface area contributed by atoms with Crippen LogP contribution in [-0.4, -0.2) is 18.9 Å². The molecule has 1 aromatic carbocycles. The molecule has 0 bridgehead atoms. The van der Waals surface area contributed by atoms with Crippen molar-refractivity contribution in [3.63, 3.8) is 0 Å². The lowest BCUT2D eigenvalue weighted by atomic mass is 10.0. The fourth-order valence-corrected chi connectivity index (χ4v) is 5.11. The molecule has 0 amide bonds. The van der Waals surface area contributed by atoms with Gasteiger partial charge in [-0.3, -0.25) is 0 Å². The summed E-state index contributed by atoms with van der Waals surface area (Å²) in [6.45, 7) is 1.96. The Morgan fingerprint density at radius 2 is 1.95 bits per heavy atom. The maximum atomic E-state index is 12.6. The number of hydrogen-bond acceptors (Lipinski definition) is 3. The van der Waals surface area contributed by atoms with E-state index in [2.05, 4.69) is 25.6 Å². The summed E-state index contributed by atoms with van der Waals surface area (Å²) in [6.07, 6.45) is 5.46. The highest BCUT2D eigenvalue weighted by atomic mass is 79.9. The first-order valence-electron chi connectivity index (χ1n) is 7.09. The van der Waals surface area contributed by atoms with Gasteiger partial charge in [-0.1, -0.05) is 30.5 Å². The molecule has 2 aromatic rings. The molecule has 3 rings (SSSR count). The summed E-state index contributed by atoms with van der Waals surface area (Å²) in [4.78, 5) is 4.27. The summed E-state index contributed by atoms with van der Waals surface area (Å²) in [5.74, 6) is 0. The van der Waals surface area contributed by atoms with E-state index in [1.165, 1.54) is 0 Å². The van der Waals surface area contributed by atoms with Gasteiger partial charge in [0.25, 0.3) is 0 Å². The molecule has 0 saturated heterocycles. The predicted octanol–water partition coefficient (Wildman–Crippen LogP) is 4.26. The minimum Gasteiger partial charge on any atom is -0.243 e. The van der Waals surface area contributed by atoms with Crippen LogP contribution in [0, 0.1) is 0 Å². The minimum atomic E-state index is -3.57. The molecule has 1 N–H and O–H groups in total. The standard InChI is InChI=1S/C15H16BrClN2O2S/c1-15(6-2-3-7-15)19-22(20,21)10-4-5-11-12(8-10)14(17)18-9-13(11)16/h4-5,8-9,19H,2-3,6-7H2,1H3. The average molecular weight is 404 g/mol. The molecule has 0 spiro atoms. The van der Waals surface area contributed by atoms with Crippen LogP contribution in [0.2, 0.25) is 5.15 Å². The van der Waals surface area contributed by atoms with Crippen molar-refractivity contribution in [2.75, 3.05) is 0 Å². The number of fused-ring (bicyclic) bond motifs is 1. The fraction of sp³-hybridized carbons (Fsp3) is 0.400. The number of rotatable bonds is 3. The second-order valence-electron chi connectivity index (χ2n) is 5.98. The maximum Gasteiger partial charge on any atom is 0.241 e. The molecule has 1 aliphatic rings. The lowest BCUT2D eigenvalue weighted by Crippen LogP contribution is -2.43. The fourth-order valence-electron chi connectivity index (χ4n) is 2.96. The average Bonchev–Trinajstić information content (AvgIpc) is 2.88. The quantitative estimate of drug-likeness (QED) is 0.779. The number of halogens is 2. The number of benzene rings is 1. The lowest BCUT2D eigenvalue weighted by molar-refractivity contribution is 0.427. The molecule has 0 aliphatic heterocycles. The van der Waals surface area contributed by atoms with Crippen molar-refractivity contribution < 1.29 is 8.42 Å². The van der Waals surface area contributed by atoms with Gasteiger partial charge in [0.2, 0.25) is 10.0 Å². The molecule has 4 nitrogen and oxygen atoms in total. The molecular weight excluding hydrogens is 388 g/mol. The summed E-state index contributed by atoms with van der Waals surface area (Å²) in [5.41, 5.74) is -0.354. The van der Waals surface area contributed by atoms with Crippen molar-refractivity contribution in [2.24, 2.45) is 0 Å². The zero-order valence-corrected chi connectivity index (χ0v) is 15.2. The van der Waals surface area contributed by atoms with Crippen molar-refractivity contribution in [3.8, 4) is 0 Å². The van der Waals surface area contributed by atoms with Gasteiger partial charge >= 0.3 is 0 Å².